The molecule has 0 saturated carbocycles. The summed E-state index contributed by atoms with van der Waals surface area (Å²) in [4.78, 5) is 11.2. The Morgan fingerprint density at radius 1 is 1.60 bits per heavy atom. The van der Waals surface area contributed by atoms with E-state index in [0.29, 0.717) is 12.4 Å². The summed E-state index contributed by atoms with van der Waals surface area (Å²) < 4.78 is 5.21. The van der Waals surface area contributed by atoms with Crippen molar-refractivity contribution in [3.63, 3.8) is 0 Å². The van der Waals surface area contributed by atoms with Gasteiger partial charge in [0.15, 0.2) is 5.78 Å². The molecule has 0 bridgehead atoms. The predicted molar refractivity (Wildman–Crippen MR) is 54.0 cm³/mol. The Balaban J connectivity index is 3.33. The van der Waals surface area contributed by atoms with Gasteiger partial charge in [0, 0.05) is 6.07 Å². The minimum absolute atomic E-state index is 0.100. The van der Waals surface area contributed by atoms with Crippen LogP contribution in [-0.4, -0.2) is 17.5 Å². The van der Waals surface area contributed by atoms with Crippen LogP contribution in [-0.2, 0) is 0 Å². The summed E-state index contributed by atoms with van der Waals surface area (Å²) in [6, 6.07) is 4.45. The second-order valence-electron chi connectivity index (χ2n) is 2.97. The molecule has 1 rings (SSSR count). The molecule has 0 aliphatic carbocycles. The number of nitriles is 1. The number of hydrogen-bond donors (Lipinski definition) is 1. The van der Waals surface area contributed by atoms with Gasteiger partial charge in [-0.2, -0.15) is 5.26 Å². The molecule has 0 atom stereocenters. The Labute approximate surface area is 87.7 Å². The molecule has 1 aromatic carbocycles. The van der Waals surface area contributed by atoms with E-state index in [1.54, 1.807) is 6.92 Å². The Morgan fingerprint density at radius 2 is 2.27 bits per heavy atom. The SMILES string of the molecule is CCOc1cc(C#N)c(O)cc1C(C)=O. The molecular formula is C11H11NO3. The Morgan fingerprint density at radius 3 is 2.73 bits per heavy atom. The van der Waals surface area contributed by atoms with Gasteiger partial charge in [0.05, 0.1) is 17.7 Å². The fourth-order valence-corrected chi connectivity index (χ4v) is 1.21. The standard InChI is InChI=1S/C11H11NO3/c1-3-15-11-4-8(6-12)10(14)5-9(11)7(2)13/h4-5,14H,3H2,1-2H3. The molecule has 1 aromatic rings. The molecule has 0 saturated heterocycles. The lowest BCUT2D eigenvalue weighted by Crippen LogP contribution is -2.01. The van der Waals surface area contributed by atoms with E-state index < -0.39 is 0 Å². The van der Waals surface area contributed by atoms with Crippen LogP contribution in [0, 0.1) is 11.3 Å². The Kier molecular flexibility index (Phi) is 3.29. The lowest BCUT2D eigenvalue weighted by atomic mass is 10.1. The van der Waals surface area contributed by atoms with Crippen molar-refractivity contribution in [3.8, 4) is 17.6 Å². The zero-order valence-corrected chi connectivity index (χ0v) is 8.57. The predicted octanol–water partition coefficient (Wildman–Crippen LogP) is 1.87. The van der Waals surface area contributed by atoms with Gasteiger partial charge in [0.25, 0.3) is 0 Å². The average molecular weight is 205 g/mol. The first kappa shape index (κ1) is 11.1. The van der Waals surface area contributed by atoms with E-state index in [2.05, 4.69) is 0 Å². The van der Waals surface area contributed by atoms with Gasteiger partial charge < -0.3 is 9.84 Å². The Bertz CT molecular complexity index is 432. The van der Waals surface area contributed by atoms with Gasteiger partial charge >= 0.3 is 0 Å². The van der Waals surface area contributed by atoms with Gasteiger partial charge in [0.1, 0.15) is 17.6 Å². The summed E-state index contributed by atoms with van der Waals surface area (Å²) >= 11 is 0. The smallest absolute Gasteiger partial charge is 0.163 e. The van der Waals surface area contributed by atoms with Gasteiger partial charge in [-0.15, -0.1) is 0 Å². The highest BCUT2D eigenvalue weighted by Gasteiger charge is 2.13. The van der Waals surface area contributed by atoms with Crippen molar-refractivity contribution in [2.75, 3.05) is 6.61 Å². The van der Waals surface area contributed by atoms with Crippen LogP contribution < -0.4 is 4.74 Å². The molecule has 0 fully saturated rings. The van der Waals surface area contributed by atoms with E-state index in [9.17, 15) is 9.90 Å². The third kappa shape index (κ3) is 2.26. The molecule has 78 valence electrons. The summed E-state index contributed by atoms with van der Waals surface area (Å²) in [5.74, 6) is -0.0799. The van der Waals surface area contributed by atoms with Gasteiger partial charge in [-0.25, -0.2) is 0 Å². The van der Waals surface area contributed by atoms with Crippen molar-refractivity contribution in [1.82, 2.24) is 0 Å². The quantitative estimate of drug-likeness (QED) is 0.764. The van der Waals surface area contributed by atoms with E-state index in [1.807, 2.05) is 6.07 Å². The summed E-state index contributed by atoms with van der Waals surface area (Å²) in [6.45, 7) is 3.56. The highest BCUT2D eigenvalue weighted by Crippen LogP contribution is 2.28. The molecule has 0 amide bonds. The number of carbonyl (C=O) groups excluding carboxylic acids is 1. The molecular weight excluding hydrogens is 194 g/mol. The van der Waals surface area contributed by atoms with E-state index >= 15 is 0 Å². The van der Waals surface area contributed by atoms with E-state index in [4.69, 9.17) is 10.00 Å². The number of benzene rings is 1. The monoisotopic (exact) mass is 205 g/mol. The number of hydrogen-bond acceptors (Lipinski definition) is 4. The van der Waals surface area contributed by atoms with Crippen molar-refractivity contribution in [2.24, 2.45) is 0 Å². The second kappa shape index (κ2) is 4.47. The number of ketones is 1. The fourth-order valence-electron chi connectivity index (χ4n) is 1.21. The third-order valence-electron chi connectivity index (χ3n) is 1.90. The van der Waals surface area contributed by atoms with E-state index in [0.717, 1.165) is 0 Å². The van der Waals surface area contributed by atoms with Crippen LogP contribution in [0.5, 0.6) is 11.5 Å². The highest BCUT2D eigenvalue weighted by molar-refractivity contribution is 5.97. The molecule has 0 aliphatic heterocycles. The number of phenolic OH excluding ortho intramolecular Hbond substituents is 1. The number of rotatable bonds is 3. The normalized spacial score (nSPS) is 9.40. The first-order chi connectivity index (χ1) is 7.10. The fraction of sp³-hybridized carbons (Fsp3) is 0.273. The van der Waals surface area contributed by atoms with Crippen LogP contribution in [0.1, 0.15) is 29.8 Å². The maximum absolute atomic E-state index is 11.2. The molecule has 15 heavy (non-hydrogen) atoms. The van der Waals surface area contributed by atoms with Crippen molar-refractivity contribution >= 4 is 5.78 Å². The van der Waals surface area contributed by atoms with Gasteiger partial charge in [0.2, 0.25) is 0 Å². The lowest BCUT2D eigenvalue weighted by molar-refractivity contribution is 0.101. The first-order valence-electron chi connectivity index (χ1n) is 4.51. The number of aromatic hydroxyl groups is 1. The van der Waals surface area contributed by atoms with Crippen molar-refractivity contribution in [3.05, 3.63) is 23.3 Å². The van der Waals surface area contributed by atoms with Gasteiger partial charge in [-0.05, 0) is 19.9 Å². The maximum atomic E-state index is 11.2. The lowest BCUT2D eigenvalue weighted by Gasteiger charge is -2.09. The molecule has 0 unspecified atom stereocenters. The van der Waals surface area contributed by atoms with Crippen LogP contribution in [0.15, 0.2) is 12.1 Å². The van der Waals surface area contributed by atoms with Crippen LogP contribution in [0.2, 0.25) is 0 Å². The van der Waals surface area contributed by atoms with Crippen LogP contribution >= 0.6 is 0 Å². The van der Waals surface area contributed by atoms with Crippen LogP contribution in [0.25, 0.3) is 0 Å². The summed E-state index contributed by atoms with van der Waals surface area (Å²) in [7, 11) is 0. The largest absolute Gasteiger partial charge is 0.507 e. The summed E-state index contributed by atoms with van der Waals surface area (Å²) in [5, 5.41) is 18.1. The third-order valence-corrected chi connectivity index (χ3v) is 1.90. The van der Waals surface area contributed by atoms with Gasteiger partial charge in [-0.1, -0.05) is 0 Å². The number of phenols is 1. The molecule has 0 heterocycles. The zero-order chi connectivity index (χ0) is 11.4. The molecule has 0 aliphatic rings. The zero-order valence-electron chi connectivity index (χ0n) is 8.57. The highest BCUT2D eigenvalue weighted by atomic mass is 16.5. The molecule has 4 heteroatoms. The number of ether oxygens (including phenoxy) is 1. The van der Waals surface area contributed by atoms with Crippen LogP contribution in [0.4, 0.5) is 0 Å². The minimum atomic E-state index is -0.210. The first-order valence-corrected chi connectivity index (χ1v) is 4.51. The second-order valence-corrected chi connectivity index (χ2v) is 2.97. The van der Waals surface area contributed by atoms with Crippen LogP contribution in [0.3, 0.4) is 0 Å². The molecule has 0 aromatic heterocycles. The van der Waals surface area contributed by atoms with Crippen molar-refractivity contribution < 1.29 is 14.6 Å². The van der Waals surface area contributed by atoms with Gasteiger partial charge in [-0.3, -0.25) is 4.79 Å². The van der Waals surface area contributed by atoms with E-state index in [-0.39, 0.29) is 22.7 Å². The molecule has 0 spiro atoms. The number of nitrogens with zero attached hydrogens (tertiary/aromatic N) is 1. The number of carbonyl (C=O) groups is 1. The minimum Gasteiger partial charge on any atom is -0.507 e. The summed E-state index contributed by atoms with van der Waals surface area (Å²) in [5.41, 5.74) is 0.386. The number of Topliss-reactive ketones (excluding diaryl/α,β-unsaturated/α-hetero) is 1. The maximum Gasteiger partial charge on any atom is 0.163 e. The summed E-state index contributed by atoms with van der Waals surface area (Å²) in [6.07, 6.45) is 0. The molecule has 4 nitrogen and oxygen atoms in total. The van der Waals surface area contributed by atoms with E-state index in [1.165, 1.54) is 19.1 Å². The topological polar surface area (TPSA) is 70.3 Å². The Hall–Kier alpha value is -2.02. The molecule has 0 radical (unpaired) electrons. The molecule has 1 N–H and O–H groups in total. The van der Waals surface area contributed by atoms with Crippen molar-refractivity contribution in [2.45, 2.75) is 13.8 Å². The van der Waals surface area contributed by atoms with Crippen molar-refractivity contribution in [1.29, 1.82) is 5.26 Å². The average Bonchev–Trinajstić information content (AvgIpc) is 2.20.